The van der Waals surface area contributed by atoms with E-state index in [-0.39, 0.29) is 12.5 Å². The van der Waals surface area contributed by atoms with Gasteiger partial charge in [0.15, 0.2) is 0 Å². The zero-order chi connectivity index (χ0) is 15.9. The van der Waals surface area contributed by atoms with Gasteiger partial charge in [0.1, 0.15) is 5.75 Å². The third-order valence-electron chi connectivity index (χ3n) is 3.30. The quantitative estimate of drug-likeness (QED) is 0.862. The number of hydrogen-bond acceptors (Lipinski definition) is 3. The Hall–Kier alpha value is -2.33. The maximum Gasteiger partial charge on any atom is 0.238 e. The van der Waals surface area contributed by atoms with Crippen molar-refractivity contribution in [3.05, 3.63) is 59.2 Å². The fraction of sp³-hybridized carbons (Fsp3) is 0.278. The van der Waals surface area contributed by atoms with E-state index in [1.54, 1.807) is 7.11 Å². The summed E-state index contributed by atoms with van der Waals surface area (Å²) in [6, 6.07) is 13.8. The second-order valence-electron chi connectivity index (χ2n) is 5.34. The molecule has 22 heavy (non-hydrogen) atoms. The number of nitrogens with one attached hydrogen (secondary N) is 2. The minimum Gasteiger partial charge on any atom is -0.496 e. The number of carbonyl (C=O) groups excluding carboxylic acids is 1. The molecule has 0 atom stereocenters. The summed E-state index contributed by atoms with van der Waals surface area (Å²) < 4.78 is 5.28. The Kier molecular flexibility index (Phi) is 5.55. The van der Waals surface area contributed by atoms with Crippen molar-refractivity contribution in [3.8, 4) is 5.75 Å². The fourth-order valence-corrected chi connectivity index (χ4v) is 2.41. The van der Waals surface area contributed by atoms with Crippen molar-refractivity contribution < 1.29 is 9.53 Å². The van der Waals surface area contributed by atoms with E-state index in [1.807, 2.05) is 50.2 Å². The molecule has 4 nitrogen and oxygen atoms in total. The van der Waals surface area contributed by atoms with Gasteiger partial charge in [-0.25, -0.2) is 0 Å². The topological polar surface area (TPSA) is 50.4 Å². The minimum absolute atomic E-state index is 0.0557. The number of methoxy groups -OCH3 is 1. The predicted octanol–water partition coefficient (Wildman–Crippen LogP) is 3.04. The summed E-state index contributed by atoms with van der Waals surface area (Å²) in [5.74, 6) is 0.768. The molecule has 0 spiro atoms. The van der Waals surface area contributed by atoms with Crippen LogP contribution in [0.2, 0.25) is 0 Å². The molecule has 0 aliphatic rings. The van der Waals surface area contributed by atoms with Gasteiger partial charge in [-0.2, -0.15) is 0 Å². The minimum atomic E-state index is -0.0557. The molecule has 0 aromatic heterocycles. The van der Waals surface area contributed by atoms with Gasteiger partial charge in [-0.3, -0.25) is 4.79 Å². The molecule has 0 aliphatic heterocycles. The van der Waals surface area contributed by atoms with Crippen LogP contribution in [0.3, 0.4) is 0 Å². The first-order valence-corrected chi connectivity index (χ1v) is 7.29. The first-order chi connectivity index (χ1) is 10.6. The summed E-state index contributed by atoms with van der Waals surface area (Å²) in [4.78, 5) is 12.0. The van der Waals surface area contributed by atoms with Gasteiger partial charge in [0.05, 0.1) is 13.7 Å². The van der Waals surface area contributed by atoms with Gasteiger partial charge in [0, 0.05) is 17.8 Å². The van der Waals surface area contributed by atoms with Crippen molar-refractivity contribution in [1.82, 2.24) is 5.32 Å². The van der Waals surface area contributed by atoms with Crippen LogP contribution < -0.4 is 15.4 Å². The summed E-state index contributed by atoms with van der Waals surface area (Å²) in [6.07, 6.45) is 0. The molecule has 0 aliphatic carbocycles. The number of hydrogen-bond donors (Lipinski definition) is 2. The number of rotatable bonds is 6. The third kappa shape index (κ3) is 4.60. The van der Waals surface area contributed by atoms with E-state index in [1.165, 1.54) is 0 Å². The van der Waals surface area contributed by atoms with Crippen LogP contribution in [0.15, 0.2) is 42.5 Å². The molecule has 0 bridgehead atoms. The van der Waals surface area contributed by atoms with Crippen molar-refractivity contribution in [1.29, 1.82) is 0 Å². The van der Waals surface area contributed by atoms with Crippen LogP contribution in [0.1, 0.15) is 16.7 Å². The average Bonchev–Trinajstić information content (AvgIpc) is 2.46. The summed E-state index contributed by atoms with van der Waals surface area (Å²) in [6.45, 7) is 4.88. The molecule has 0 radical (unpaired) electrons. The third-order valence-corrected chi connectivity index (χ3v) is 3.30. The highest BCUT2D eigenvalue weighted by Crippen LogP contribution is 2.16. The van der Waals surface area contributed by atoms with E-state index >= 15 is 0 Å². The maximum absolute atomic E-state index is 12.0. The van der Waals surface area contributed by atoms with Crippen LogP contribution in [-0.2, 0) is 11.3 Å². The zero-order valence-electron chi connectivity index (χ0n) is 13.3. The Morgan fingerprint density at radius 1 is 1.09 bits per heavy atom. The Labute approximate surface area is 131 Å². The normalized spacial score (nSPS) is 10.3. The number of para-hydroxylation sites is 1. The zero-order valence-corrected chi connectivity index (χ0v) is 13.3. The first kappa shape index (κ1) is 16.0. The lowest BCUT2D eigenvalue weighted by molar-refractivity contribution is -0.115. The molecule has 0 heterocycles. The van der Waals surface area contributed by atoms with Crippen LogP contribution in [-0.4, -0.2) is 19.6 Å². The summed E-state index contributed by atoms with van der Waals surface area (Å²) in [5.41, 5.74) is 4.14. The molecule has 4 heteroatoms. The second kappa shape index (κ2) is 7.61. The lowest BCUT2D eigenvalue weighted by Gasteiger charge is -2.10. The Balaban J connectivity index is 1.85. The van der Waals surface area contributed by atoms with Crippen LogP contribution in [0.5, 0.6) is 5.75 Å². The molecular weight excluding hydrogens is 276 g/mol. The highest BCUT2D eigenvalue weighted by molar-refractivity contribution is 5.92. The highest BCUT2D eigenvalue weighted by atomic mass is 16.5. The first-order valence-electron chi connectivity index (χ1n) is 7.29. The molecule has 2 rings (SSSR count). The van der Waals surface area contributed by atoms with Crippen molar-refractivity contribution in [2.75, 3.05) is 19.0 Å². The molecule has 116 valence electrons. The number of ether oxygens (including phenoxy) is 1. The van der Waals surface area contributed by atoms with Crippen molar-refractivity contribution in [2.24, 2.45) is 0 Å². The van der Waals surface area contributed by atoms with E-state index in [0.717, 1.165) is 28.1 Å². The van der Waals surface area contributed by atoms with Gasteiger partial charge in [-0.1, -0.05) is 24.3 Å². The van der Waals surface area contributed by atoms with Crippen molar-refractivity contribution in [3.63, 3.8) is 0 Å². The summed E-state index contributed by atoms with van der Waals surface area (Å²) >= 11 is 0. The number of carbonyl (C=O) groups is 1. The molecule has 2 aromatic carbocycles. The monoisotopic (exact) mass is 298 g/mol. The molecule has 2 aromatic rings. The van der Waals surface area contributed by atoms with Gasteiger partial charge >= 0.3 is 0 Å². The standard InChI is InChI=1S/C18H22N2O2/c1-13-8-14(2)10-16(9-13)20-18(21)12-19-11-15-6-4-5-7-17(15)22-3/h4-10,19H,11-12H2,1-3H3,(H,20,21). The maximum atomic E-state index is 12.0. The van der Waals surface area contributed by atoms with Gasteiger partial charge in [0.25, 0.3) is 0 Å². The number of benzene rings is 2. The van der Waals surface area contributed by atoms with E-state index in [9.17, 15) is 4.79 Å². The number of amides is 1. The largest absolute Gasteiger partial charge is 0.496 e. The average molecular weight is 298 g/mol. The molecule has 0 saturated carbocycles. The van der Waals surface area contributed by atoms with Crippen LogP contribution in [0.25, 0.3) is 0 Å². The lowest BCUT2D eigenvalue weighted by atomic mass is 10.1. The van der Waals surface area contributed by atoms with E-state index in [2.05, 4.69) is 16.7 Å². The van der Waals surface area contributed by atoms with Gasteiger partial charge < -0.3 is 15.4 Å². The van der Waals surface area contributed by atoms with Crippen molar-refractivity contribution >= 4 is 11.6 Å². The summed E-state index contributed by atoms with van der Waals surface area (Å²) in [5, 5.41) is 6.04. The van der Waals surface area contributed by atoms with Gasteiger partial charge in [-0.05, 0) is 43.2 Å². The van der Waals surface area contributed by atoms with Crippen LogP contribution >= 0.6 is 0 Å². The molecule has 2 N–H and O–H groups in total. The molecular formula is C18H22N2O2. The molecule has 0 fully saturated rings. The Bertz CT molecular complexity index is 633. The lowest BCUT2D eigenvalue weighted by Crippen LogP contribution is -2.27. The number of anilines is 1. The second-order valence-corrected chi connectivity index (χ2v) is 5.34. The molecule has 0 unspecified atom stereocenters. The SMILES string of the molecule is COc1ccccc1CNCC(=O)Nc1cc(C)cc(C)c1. The number of aryl methyl sites for hydroxylation is 2. The Morgan fingerprint density at radius 3 is 2.45 bits per heavy atom. The molecule has 1 amide bonds. The Morgan fingerprint density at radius 2 is 1.77 bits per heavy atom. The van der Waals surface area contributed by atoms with Crippen molar-refractivity contribution in [2.45, 2.75) is 20.4 Å². The summed E-state index contributed by atoms with van der Waals surface area (Å²) in [7, 11) is 1.64. The predicted molar refractivity (Wildman–Crippen MR) is 89.2 cm³/mol. The van der Waals surface area contributed by atoms with Crippen LogP contribution in [0, 0.1) is 13.8 Å². The fourth-order valence-electron chi connectivity index (χ4n) is 2.41. The van der Waals surface area contributed by atoms with Crippen LogP contribution in [0.4, 0.5) is 5.69 Å². The van der Waals surface area contributed by atoms with E-state index < -0.39 is 0 Å². The van der Waals surface area contributed by atoms with E-state index in [4.69, 9.17) is 4.74 Å². The van der Waals surface area contributed by atoms with E-state index in [0.29, 0.717) is 6.54 Å². The van der Waals surface area contributed by atoms with Gasteiger partial charge in [-0.15, -0.1) is 0 Å². The molecule has 0 saturated heterocycles. The smallest absolute Gasteiger partial charge is 0.238 e. The highest BCUT2D eigenvalue weighted by Gasteiger charge is 2.05. The van der Waals surface area contributed by atoms with Gasteiger partial charge in [0.2, 0.25) is 5.91 Å².